The van der Waals surface area contributed by atoms with E-state index < -0.39 is 28.3 Å². The fourth-order valence-electron chi connectivity index (χ4n) is 2.46. The maximum atomic E-state index is 13.9. The Morgan fingerprint density at radius 2 is 2.30 bits per heavy atom. The number of piperidine rings is 1. The van der Waals surface area contributed by atoms with Crippen LogP contribution in [-0.4, -0.2) is 34.1 Å². The van der Waals surface area contributed by atoms with E-state index in [-0.39, 0.29) is 18.3 Å². The normalized spacial score (nSPS) is 22.6. The molecule has 0 saturated carbocycles. The van der Waals surface area contributed by atoms with Crippen molar-refractivity contribution >= 4 is 17.5 Å². The number of rotatable bonds is 3. The molecule has 1 aliphatic rings. The van der Waals surface area contributed by atoms with E-state index in [4.69, 9.17) is 5.11 Å². The predicted molar refractivity (Wildman–Crippen MR) is 68.0 cm³/mol. The topological polar surface area (TPSA) is 96.6 Å². The van der Waals surface area contributed by atoms with Crippen molar-refractivity contribution in [3.05, 3.63) is 28.2 Å². The molecule has 8 heteroatoms. The molecule has 0 spiro atoms. The Bertz CT molecular complexity index is 552. The Labute approximate surface area is 114 Å². The van der Waals surface area contributed by atoms with Gasteiger partial charge >= 0.3 is 5.97 Å². The number of carboxylic acid groups (broad SMARTS) is 1. The van der Waals surface area contributed by atoms with Crippen molar-refractivity contribution in [2.75, 3.05) is 18.0 Å². The molecule has 1 aromatic heterocycles. The lowest BCUT2D eigenvalue weighted by Gasteiger charge is -2.35. The van der Waals surface area contributed by atoms with Gasteiger partial charge in [-0.1, -0.05) is 6.92 Å². The van der Waals surface area contributed by atoms with Crippen molar-refractivity contribution in [3.63, 3.8) is 0 Å². The number of halogens is 1. The van der Waals surface area contributed by atoms with E-state index in [1.54, 1.807) is 0 Å². The van der Waals surface area contributed by atoms with Crippen molar-refractivity contribution < 1.29 is 19.2 Å². The summed E-state index contributed by atoms with van der Waals surface area (Å²) in [6, 6.07) is 0.803. The molecule has 2 heterocycles. The van der Waals surface area contributed by atoms with E-state index in [0.717, 1.165) is 12.3 Å². The van der Waals surface area contributed by atoms with Gasteiger partial charge in [-0.25, -0.2) is 9.37 Å². The van der Waals surface area contributed by atoms with Crippen LogP contribution in [-0.2, 0) is 4.79 Å². The molecule has 0 aromatic carbocycles. The fourth-order valence-corrected chi connectivity index (χ4v) is 2.46. The smallest absolute Gasteiger partial charge is 0.308 e. The summed E-state index contributed by atoms with van der Waals surface area (Å²) >= 11 is 0. The molecule has 0 amide bonds. The van der Waals surface area contributed by atoms with Gasteiger partial charge < -0.3 is 10.0 Å². The molecule has 1 aliphatic heterocycles. The lowest BCUT2D eigenvalue weighted by atomic mass is 9.90. The molecule has 0 bridgehead atoms. The van der Waals surface area contributed by atoms with E-state index in [9.17, 15) is 19.3 Å². The molecule has 2 rings (SSSR count). The standard InChI is InChI=1S/C12H14FN3O4/c1-7-2-8(12(17)18)6-15(5-7)11-10(13)3-9(4-14-11)16(19)20/h3-4,7-8H,2,5-6H2,1H3,(H,17,18). The first-order valence-electron chi connectivity index (χ1n) is 6.16. The van der Waals surface area contributed by atoms with E-state index >= 15 is 0 Å². The third-order valence-corrected chi connectivity index (χ3v) is 3.33. The maximum Gasteiger partial charge on any atom is 0.308 e. The van der Waals surface area contributed by atoms with E-state index in [1.807, 2.05) is 6.92 Å². The van der Waals surface area contributed by atoms with Gasteiger partial charge in [0.25, 0.3) is 5.69 Å². The van der Waals surface area contributed by atoms with Crippen LogP contribution >= 0.6 is 0 Å². The van der Waals surface area contributed by atoms with Gasteiger partial charge in [0.1, 0.15) is 6.20 Å². The van der Waals surface area contributed by atoms with E-state index in [1.165, 1.54) is 4.90 Å². The first kappa shape index (κ1) is 14.2. The molecule has 20 heavy (non-hydrogen) atoms. The fraction of sp³-hybridized carbons (Fsp3) is 0.500. The largest absolute Gasteiger partial charge is 0.481 e. The van der Waals surface area contributed by atoms with Gasteiger partial charge in [0.05, 0.1) is 16.9 Å². The zero-order chi connectivity index (χ0) is 14.9. The number of carboxylic acids is 1. The molecule has 1 fully saturated rings. The second kappa shape index (κ2) is 5.40. The molecular weight excluding hydrogens is 269 g/mol. The third kappa shape index (κ3) is 2.84. The summed E-state index contributed by atoms with van der Waals surface area (Å²) < 4.78 is 13.9. The highest BCUT2D eigenvalue weighted by molar-refractivity contribution is 5.71. The summed E-state index contributed by atoms with van der Waals surface area (Å²) in [7, 11) is 0. The molecule has 2 atom stereocenters. The van der Waals surface area contributed by atoms with Gasteiger partial charge in [-0.2, -0.15) is 0 Å². The Morgan fingerprint density at radius 3 is 2.85 bits per heavy atom. The Balaban J connectivity index is 2.26. The maximum absolute atomic E-state index is 13.9. The molecule has 1 N–H and O–H groups in total. The Hall–Kier alpha value is -2.25. The van der Waals surface area contributed by atoms with Crippen LogP contribution in [0.2, 0.25) is 0 Å². The molecule has 1 saturated heterocycles. The number of nitro groups is 1. The molecule has 1 aromatic rings. The number of hydrogen-bond acceptors (Lipinski definition) is 5. The van der Waals surface area contributed by atoms with Crippen LogP contribution in [0.25, 0.3) is 0 Å². The van der Waals surface area contributed by atoms with Crippen LogP contribution in [0.4, 0.5) is 15.9 Å². The number of pyridine rings is 1. The molecule has 0 aliphatic carbocycles. The summed E-state index contributed by atoms with van der Waals surface area (Å²) in [6.07, 6.45) is 1.51. The molecular formula is C12H14FN3O4. The number of aromatic nitrogens is 1. The van der Waals surface area contributed by atoms with Crippen molar-refractivity contribution in [1.29, 1.82) is 0 Å². The zero-order valence-corrected chi connectivity index (χ0v) is 10.8. The third-order valence-electron chi connectivity index (χ3n) is 3.33. The first-order valence-corrected chi connectivity index (χ1v) is 6.16. The average molecular weight is 283 g/mol. The SMILES string of the molecule is CC1CC(C(=O)O)CN(c2ncc([N+](=O)[O-])cc2F)C1. The highest BCUT2D eigenvalue weighted by Gasteiger charge is 2.31. The monoisotopic (exact) mass is 283 g/mol. The van der Waals surface area contributed by atoms with Crippen molar-refractivity contribution in [2.45, 2.75) is 13.3 Å². The number of hydrogen-bond donors (Lipinski definition) is 1. The Kier molecular flexibility index (Phi) is 3.82. The number of nitrogens with zero attached hydrogens (tertiary/aromatic N) is 3. The van der Waals surface area contributed by atoms with Crippen molar-refractivity contribution in [1.82, 2.24) is 4.98 Å². The summed E-state index contributed by atoms with van der Waals surface area (Å²) in [4.78, 5) is 26.2. The van der Waals surface area contributed by atoms with Crippen LogP contribution in [0.3, 0.4) is 0 Å². The predicted octanol–water partition coefficient (Wildman–Crippen LogP) is 1.68. The van der Waals surface area contributed by atoms with Gasteiger partial charge in [-0.3, -0.25) is 14.9 Å². The second-order valence-electron chi connectivity index (χ2n) is 5.04. The molecule has 108 valence electrons. The van der Waals surface area contributed by atoms with Crippen LogP contribution in [0.1, 0.15) is 13.3 Å². The highest BCUT2D eigenvalue weighted by Crippen LogP contribution is 2.28. The lowest BCUT2D eigenvalue weighted by molar-refractivity contribution is -0.385. The summed E-state index contributed by atoms with van der Waals surface area (Å²) in [6.45, 7) is 2.51. The molecule has 7 nitrogen and oxygen atoms in total. The summed E-state index contributed by atoms with van der Waals surface area (Å²) in [5.41, 5.74) is -0.425. The van der Waals surface area contributed by atoms with Crippen molar-refractivity contribution in [2.24, 2.45) is 11.8 Å². The number of aliphatic carboxylic acids is 1. The van der Waals surface area contributed by atoms with E-state index in [2.05, 4.69) is 4.98 Å². The van der Waals surface area contributed by atoms with Crippen LogP contribution < -0.4 is 4.90 Å². The van der Waals surface area contributed by atoms with Gasteiger partial charge in [0.15, 0.2) is 11.6 Å². The van der Waals surface area contributed by atoms with Crippen LogP contribution in [0.5, 0.6) is 0 Å². The zero-order valence-electron chi connectivity index (χ0n) is 10.8. The van der Waals surface area contributed by atoms with E-state index in [0.29, 0.717) is 13.0 Å². The lowest BCUT2D eigenvalue weighted by Crippen LogP contribution is -2.43. The first-order chi connectivity index (χ1) is 9.38. The Morgan fingerprint density at radius 1 is 1.60 bits per heavy atom. The minimum Gasteiger partial charge on any atom is -0.481 e. The van der Waals surface area contributed by atoms with Gasteiger partial charge in [-0.05, 0) is 12.3 Å². The second-order valence-corrected chi connectivity index (χ2v) is 5.04. The van der Waals surface area contributed by atoms with Crippen molar-refractivity contribution in [3.8, 4) is 0 Å². The van der Waals surface area contributed by atoms with Gasteiger partial charge in [0, 0.05) is 13.1 Å². The van der Waals surface area contributed by atoms with Gasteiger partial charge in [-0.15, -0.1) is 0 Å². The minimum atomic E-state index is -0.927. The van der Waals surface area contributed by atoms with Crippen LogP contribution in [0.15, 0.2) is 12.3 Å². The highest BCUT2D eigenvalue weighted by atomic mass is 19.1. The minimum absolute atomic E-state index is 0.0339. The van der Waals surface area contributed by atoms with Crippen LogP contribution in [0, 0.1) is 27.8 Å². The molecule has 0 radical (unpaired) electrons. The average Bonchev–Trinajstić information content (AvgIpc) is 2.37. The summed E-state index contributed by atoms with van der Waals surface area (Å²) in [5.74, 6) is -2.27. The summed E-state index contributed by atoms with van der Waals surface area (Å²) in [5, 5.41) is 19.6. The number of carbonyl (C=O) groups is 1. The van der Waals surface area contributed by atoms with Gasteiger partial charge in [0.2, 0.25) is 0 Å². The quantitative estimate of drug-likeness (QED) is 0.669. The molecule has 2 unspecified atom stereocenters. The number of anilines is 1.